The molecule has 3 heterocycles. The van der Waals surface area contributed by atoms with Gasteiger partial charge in [0.05, 0.1) is 38.3 Å². The zero-order valence-electron chi connectivity index (χ0n) is 20.4. The Morgan fingerprint density at radius 2 is 1.71 bits per heavy atom. The zero-order valence-corrected chi connectivity index (χ0v) is 22.0. The van der Waals surface area contributed by atoms with Crippen LogP contribution in [0, 0.1) is 11.8 Å². The summed E-state index contributed by atoms with van der Waals surface area (Å²) in [6, 6.07) is 8.19. The van der Waals surface area contributed by atoms with E-state index in [1.807, 2.05) is 12.1 Å². The van der Waals surface area contributed by atoms with E-state index in [-0.39, 0.29) is 48.4 Å². The van der Waals surface area contributed by atoms with Crippen LogP contribution in [0.5, 0.6) is 28.7 Å². The molecule has 2 aliphatic heterocycles. The van der Waals surface area contributed by atoms with Crippen molar-refractivity contribution in [3.05, 3.63) is 69.5 Å². The van der Waals surface area contributed by atoms with Gasteiger partial charge in [0.25, 0.3) is 5.91 Å². The van der Waals surface area contributed by atoms with Crippen molar-refractivity contribution in [3.63, 3.8) is 0 Å². The summed E-state index contributed by atoms with van der Waals surface area (Å²) in [6.07, 6.45) is 3.08. The van der Waals surface area contributed by atoms with Gasteiger partial charge in [-0.05, 0) is 63.0 Å². The number of hydrogen-bond donors (Lipinski definition) is 2. The third-order valence-electron chi connectivity index (χ3n) is 7.30. The van der Waals surface area contributed by atoms with Gasteiger partial charge in [-0.15, -0.1) is 0 Å². The highest BCUT2D eigenvalue weighted by Gasteiger charge is 2.53. The lowest BCUT2D eigenvalue weighted by molar-refractivity contribution is -0.141. The van der Waals surface area contributed by atoms with Crippen LogP contribution in [-0.4, -0.2) is 49.6 Å². The van der Waals surface area contributed by atoms with Gasteiger partial charge < -0.3 is 34.1 Å². The molecule has 0 radical (unpaired) electrons. The Morgan fingerprint density at radius 1 is 1.03 bits per heavy atom. The van der Waals surface area contributed by atoms with Crippen LogP contribution in [0.25, 0.3) is 0 Å². The number of carbonyl (C=O) groups excluding carboxylic acids is 2. The number of rotatable bonds is 5. The SMILES string of the molecule is COc1cc([C@@H]2c3cc4c(cc3[C@@H](NC(=O)c3cncc(Br)c3)[C@H]3COC(=O)[C@H]23)OCO4)cc(OC)c1O. The van der Waals surface area contributed by atoms with Crippen LogP contribution in [0.4, 0.5) is 0 Å². The molecule has 3 aromatic rings. The summed E-state index contributed by atoms with van der Waals surface area (Å²) in [5, 5.41) is 13.6. The Labute approximate surface area is 225 Å². The molecule has 1 amide bonds. The van der Waals surface area contributed by atoms with Crippen LogP contribution < -0.4 is 24.3 Å². The molecule has 196 valence electrons. The molecule has 1 fully saturated rings. The fourth-order valence-electron chi connectivity index (χ4n) is 5.60. The molecule has 1 aliphatic carbocycles. The monoisotopic (exact) mass is 582 g/mol. The highest BCUT2D eigenvalue weighted by atomic mass is 79.9. The van der Waals surface area contributed by atoms with Crippen LogP contribution >= 0.6 is 15.9 Å². The topological polar surface area (TPSA) is 125 Å². The summed E-state index contributed by atoms with van der Waals surface area (Å²) in [4.78, 5) is 30.7. The van der Waals surface area contributed by atoms with Gasteiger partial charge in [0.1, 0.15) is 0 Å². The fourth-order valence-corrected chi connectivity index (χ4v) is 5.97. The third-order valence-corrected chi connectivity index (χ3v) is 7.74. The first-order valence-electron chi connectivity index (χ1n) is 11.9. The normalized spacial score (nSPS) is 22.8. The third kappa shape index (κ3) is 3.89. The Balaban J connectivity index is 1.52. The number of ether oxygens (including phenoxy) is 5. The van der Waals surface area contributed by atoms with Crippen molar-refractivity contribution in [1.29, 1.82) is 0 Å². The van der Waals surface area contributed by atoms with E-state index in [0.717, 1.165) is 11.1 Å². The summed E-state index contributed by atoms with van der Waals surface area (Å²) < 4.78 is 28.4. The number of phenolic OH excluding ortho intramolecular Hbond substituents is 1. The van der Waals surface area contributed by atoms with Gasteiger partial charge in [-0.25, -0.2) is 0 Å². The first-order valence-corrected chi connectivity index (χ1v) is 12.6. The van der Waals surface area contributed by atoms with Gasteiger partial charge >= 0.3 is 5.97 Å². The van der Waals surface area contributed by atoms with E-state index in [2.05, 4.69) is 26.2 Å². The molecule has 0 unspecified atom stereocenters. The predicted molar refractivity (Wildman–Crippen MR) is 136 cm³/mol. The maximum atomic E-state index is 13.3. The summed E-state index contributed by atoms with van der Waals surface area (Å²) in [7, 11) is 2.89. The van der Waals surface area contributed by atoms with Gasteiger partial charge in [-0.3, -0.25) is 14.6 Å². The minimum Gasteiger partial charge on any atom is -0.502 e. The minimum absolute atomic E-state index is 0.0688. The number of esters is 1. The van der Waals surface area contributed by atoms with E-state index in [0.29, 0.717) is 27.1 Å². The van der Waals surface area contributed by atoms with Gasteiger partial charge in [0.15, 0.2) is 23.0 Å². The molecule has 3 aliphatic rings. The molecule has 38 heavy (non-hydrogen) atoms. The number of aromatic hydroxyl groups is 1. The highest BCUT2D eigenvalue weighted by Crippen LogP contribution is 2.55. The van der Waals surface area contributed by atoms with Crippen LogP contribution in [0.1, 0.15) is 39.0 Å². The smallest absolute Gasteiger partial charge is 0.310 e. The molecular formula is C27H23BrN2O8. The van der Waals surface area contributed by atoms with Crippen LogP contribution in [0.3, 0.4) is 0 Å². The number of benzene rings is 2. The molecular weight excluding hydrogens is 560 g/mol. The van der Waals surface area contributed by atoms with E-state index >= 15 is 0 Å². The number of pyridine rings is 1. The van der Waals surface area contributed by atoms with E-state index in [4.69, 9.17) is 23.7 Å². The molecule has 6 rings (SSSR count). The molecule has 1 aromatic heterocycles. The summed E-state index contributed by atoms with van der Waals surface area (Å²) in [5.74, 6) is -0.850. The molecule has 0 bridgehead atoms. The summed E-state index contributed by atoms with van der Waals surface area (Å²) in [6.45, 7) is 0.196. The van der Waals surface area contributed by atoms with Gasteiger partial charge in [-0.2, -0.15) is 0 Å². The van der Waals surface area contributed by atoms with E-state index in [1.165, 1.54) is 20.4 Å². The number of cyclic esters (lactones) is 1. The second-order valence-electron chi connectivity index (χ2n) is 9.25. The predicted octanol–water partition coefficient (Wildman–Crippen LogP) is 3.70. The van der Waals surface area contributed by atoms with Crippen LogP contribution in [0.2, 0.25) is 0 Å². The van der Waals surface area contributed by atoms with Crippen molar-refractivity contribution in [2.24, 2.45) is 11.8 Å². The molecule has 2 N–H and O–H groups in total. The zero-order chi connectivity index (χ0) is 26.6. The Morgan fingerprint density at radius 3 is 2.37 bits per heavy atom. The Hall–Kier alpha value is -3.99. The number of fused-ring (bicyclic) bond motifs is 3. The maximum Gasteiger partial charge on any atom is 0.310 e. The number of halogens is 1. The van der Waals surface area contributed by atoms with Gasteiger partial charge in [0, 0.05) is 28.7 Å². The van der Waals surface area contributed by atoms with Gasteiger partial charge in [0.2, 0.25) is 12.5 Å². The molecule has 0 spiro atoms. The highest BCUT2D eigenvalue weighted by molar-refractivity contribution is 9.10. The van der Waals surface area contributed by atoms with E-state index in [9.17, 15) is 14.7 Å². The van der Waals surface area contributed by atoms with Crippen LogP contribution in [-0.2, 0) is 9.53 Å². The summed E-state index contributed by atoms with van der Waals surface area (Å²) >= 11 is 3.35. The number of amides is 1. The average Bonchev–Trinajstić information content (AvgIpc) is 3.54. The quantitative estimate of drug-likeness (QED) is 0.433. The number of phenols is 1. The number of aromatic nitrogens is 1. The number of methoxy groups -OCH3 is 2. The largest absolute Gasteiger partial charge is 0.502 e. The van der Waals surface area contributed by atoms with Crippen LogP contribution in [0.15, 0.2) is 47.2 Å². The van der Waals surface area contributed by atoms with E-state index in [1.54, 1.807) is 24.4 Å². The fraction of sp³-hybridized carbons (Fsp3) is 0.296. The van der Waals surface area contributed by atoms with Crippen molar-refractivity contribution < 1.29 is 38.4 Å². The number of nitrogens with zero attached hydrogens (tertiary/aromatic N) is 1. The number of carbonyl (C=O) groups is 2. The van der Waals surface area contributed by atoms with Crippen molar-refractivity contribution in [1.82, 2.24) is 10.3 Å². The molecule has 1 saturated heterocycles. The molecule has 4 atom stereocenters. The lowest BCUT2D eigenvalue weighted by Crippen LogP contribution is -2.42. The Bertz CT molecular complexity index is 1440. The second kappa shape index (κ2) is 9.39. The molecule has 0 saturated carbocycles. The lowest BCUT2D eigenvalue weighted by atomic mass is 9.65. The lowest BCUT2D eigenvalue weighted by Gasteiger charge is -2.39. The number of nitrogens with one attached hydrogen (secondary N) is 1. The summed E-state index contributed by atoms with van der Waals surface area (Å²) in [5.41, 5.74) is 2.60. The maximum absolute atomic E-state index is 13.3. The van der Waals surface area contributed by atoms with Crippen molar-refractivity contribution in [2.75, 3.05) is 27.6 Å². The van der Waals surface area contributed by atoms with Gasteiger partial charge in [-0.1, -0.05) is 0 Å². The average molecular weight is 583 g/mol. The molecule has 10 nitrogen and oxygen atoms in total. The van der Waals surface area contributed by atoms with Crippen molar-refractivity contribution in [2.45, 2.75) is 12.0 Å². The first kappa shape index (κ1) is 24.4. The first-order chi connectivity index (χ1) is 18.4. The standard InChI is InChI=1S/C27H23BrN2O8/c1-34-20-4-12(5-21(35-2)25(20)31)22-15-6-18-19(38-11-37-18)7-16(15)24(17-10-36-27(33)23(17)22)30-26(32)13-3-14(28)9-29-8-13/h3-9,17,22-24,31H,10-11H2,1-2H3,(H,30,32)/t17-,22+,23-,24+/m0/s1. The van der Waals surface area contributed by atoms with Crippen molar-refractivity contribution in [3.8, 4) is 28.7 Å². The Kier molecular flexibility index (Phi) is 6.02. The molecule has 11 heteroatoms. The molecule has 2 aromatic carbocycles. The number of hydrogen-bond acceptors (Lipinski definition) is 9. The second-order valence-corrected chi connectivity index (χ2v) is 10.2. The minimum atomic E-state index is -0.632. The van der Waals surface area contributed by atoms with Crippen molar-refractivity contribution >= 4 is 27.8 Å². The van der Waals surface area contributed by atoms with E-state index < -0.39 is 17.9 Å².